The van der Waals surface area contributed by atoms with Gasteiger partial charge in [0.1, 0.15) is 11.6 Å². The van der Waals surface area contributed by atoms with Gasteiger partial charge in [0, 0.05) is 5.56 Å². The first-order valence-corrected chi connectivity index (χ1v) is 5.96. The third kappa shape index (κ3) is 3.81. The summed E-state index contributed by atoms with van der Waals surface area (Å²) in [4.78, 5) is 11.8. The van der Waals surface area contributed by atoms with Gasteiger partial charge in [0.15, 0.2) is 12.4 Å². The van der Waals surface area contributed by atoms with Gasteiger partial charge in [-0.1, -0.05) is 24.3 Å². The van der Waals surface area contributed by atoms with Crippen LogP contribution in [0.1, 0.15) is 15.9 Å². The molecule has 0 saturated carbocycles. The number of carbonyl (C=O) groups is 1. The minimum Gasteiger partial charge on any atom is -0.485 e. The Morgan fingerprint density at radius 1 is 1.05 bits per heavy atom. The molecule has 0 aromatic heterocycles. The first-order valence-electron chi connectivity index (χ1n) is 5.96. The molecule has 21 heavy (non-hydrogen) atoms. The summed E-state index contributed by atoms with van der Waals surface area (Å²) in [6.07, 6.45) is -4.79. The molecule has 0 saturated heterocycles. The third-order valence-electron chi connectivity index (χ3n) is 2.71. The molecule has 6 heteroatoms. The smallest absolute Gasteiger partial charge is 0.419 e. The Hall–Kier alpha value is -2.37. The molecule has 2 aromatic carbocycles. The molecule has 0 amide bonds. The van der Waals surface area contributed by atoms with Gasteiger partial charge in [0.25, 0.3) is 0 Å². The molecule has 0 bridgehead atoms. The van der Waals surface area contributed by atoms with Gasteiger partial charge in [-0.2, -0.15) is 13.2 Å². The molecular formula is C15H10F4O2. The Kier molecular flexibility index (Phi) is 4.26. The quantitative estimate of drug-likeness (QED) is 0.627. The Morgan fingerprint density at radius 3 is 2.29 bits per heavy atom. The second-order valence-corrected chi connectivity index (χ2v) is 4.22. The Balaban J connectivity index is 2.08. The van der Waals surface area contributed by atoms with Crippen molar-refractivity contribution in [1.82, 2.24) is 0 Å². The highest BCUT2D eigenvalue weighted by atomic mass is 19.4. The maximum atomic E-state index is 13.4. The maximum absolute atomic E-state index is 13.4. The van der Waals surface area contributed by atoms with E-state index in [-0.39, 0.29) is 12.2 Å². The van der Waals surface area contributed by atoms with Gasteiger partial charge in [0.05, 0.1) is 5.56 Å². The second kappa shape index (κ2) is 5.95. The van der Waals surface area contributed by atoms with Crippen LogP contribution in [0.4, 0.5) is 17.6 Å². The van der Waals surface area contributed by atoms with E-state index in [0.29, 0.717) is 17.9 Å². The van der Waals surface area contributed by atoms with Crippen LogP contribution in [0.2, 0.25) is 0 Å². The summed E-state index contributed by atoms with van der Waals surface area (Å²) >= 11 is 0. The summed E-state index contributed by atoms with van der Waals surface area (Å²) in [5.41, 5.74) is -1.57. The number of hydrogen-bond acceptors (Lipinski definition) is 2. The second-order valence-electron chi connectivity index (χ2n) is 4.22. The number of benzene rings is 2. The summed E-state index contributed by atoms with van der Waals surface area (Å²) in [5.74, 6) is -1.64. The summed E-state index contributed by atoms with van der Waals surface area (Å²) in [6, 6.07) is 10.5. The molecule has 2 rings (SSSR count). The van der Waals surface area contributed by atoms with Crippen molar-refractivity contribution in [3.8, 4) is 5.75 Å². The number of ketones is 1. The number of carbonyl (C=O) groups excluding carboxylic acids is 1. The highest BCUT2D eigenvalue weighted by Gasteiger charge is 2.34. The fraction of sp³-hybridized carbons (Fsp3) is 0.133. The van der Waals surface area contributed by atoms with Crippen molar-refractivity contribution in [3.63, 3.8) is 0 Å². The molecule has 0 aliphatic heterocycles. The largest absolute Gasteiger partial charge is 0.485 e. The van der Waals surface area contributed by atoms with Crippen molar-refractivity contribution in [2.75, 3.05) is 6.61 Å². The van der Waals surface area contributed by atoms with Gasteiger partial charge in [0.2, 0.25) is 0 Å². The zero-order valence-electron chi connectivity index (χ0n) is 10.7. The standard InChI is InChI=1S/C15H10F4O2/c16-13-8-10(6-7-12(13)15(17,18)19)14(20)9-21-11-4-2-1-3-5-11/h1-8H,9H2. The van der Waals surface area contributed by atoms with E-state index < -0.39 is 23.3 Å². The molecule has 0 atom stereocenters. The zero-order chi connectivity index (χ0) is 15.5. The molecule has 110 valence electrons. The molecule has 0 unspecified atom stereocenters. The maximum Gasteiger partial charge on any atom is 0.419 e. The van der Waals surface area contributed by atoms with Crippen molar-refractivity contribution < 1.29 is 27.1 Å². The van der Waals surface area contributed by atoms with Crippen molar-refractivity contribution in [2.45, 2.75) is 6.18 Å². The van der Waals surface area contributed by atoms with E-state index >= 15 is 0 Å². The predicted octanol–water partition coefficient (Wildman–Crippen LogP) is 4.11. The number of rotatable bonds is 4. The number of para-hydroxylation sites is 1. The van der Waals surface area contributed by atoms with E-state index in [2.05, 4.69) is 0 Å². The van der Waals surface area contributed by atoms with Crippen LogP contribution >= 0.6 is 0 Å². The van der Waals surface area contributed by atoms with Crippen molar-refractivity contribution >= 4 is 5.78 Å². The number of ether oxygens (including phenoxy) is 1. The van der Waals surface area contributed by atoms with Crippen LogP contribution in [0.25, 0.3) is 0 Å². The minimum atomic E-state index is -4.79. The van der Waals surface area contributed by atoms with E-state index in [9.17, 15) is 22.4 Å². The molecule has 2 nitrogen and oxygen atoms in total. The Bertz CT molecular complexity index is 636. The van der Waals surface area contributed by atoms with E-state index in [0.717, 1.165) is 6.07 Å². The number of hydrogen-bond donors (Lipinski definition) is 0. The van der Waals surface area contributed by atoms with Crippen LogP contribution < -0.4 is 4.74 Å². The van der Waals surface area contributed by atoms with Gasteiger partial charge in [-0.25, -0.2) is 4.39 Å². The topological polar surface area (TPSA) is 26.3 Å². The average molecular weight is 298 g/mol. The fourth-order valence-corrected chi connectivity index (χ4v) is 1.67. The highest BCUT2D eigenvalue weighted by Crippen LogP contribution is 2.31. The van der Waals surface area contributed by atoms with Crippen LogP contribution in [0.15, 0.2) is 48.5 Å². The van der Waals surface area contributed by atoms with E-state index in [1.807, 2.05) is 0 Å². The van der Waals surface area contributed by atoms with Gasteiger partial charge in [-0.15, -0.1) is 0 Å². The molecule has 0 radical (unpaired) electrons. The van der Waals surface area contributed by atoms with Crippen molar-refractivity contribution in [1.29, 1.82) is 0 Å². The lowest BCUT2D eigenvalue weighted by molar-refractivity contribution is -0.140. The lowest BCUT2D eigenvalue weighted by Gasteiger charge is -2.09. The Labute approximate surface area is 118 Å². The summed E-state index contributed by atoms with van der Waals surface area (Å²) in [7, 11) is 0. The first-order chi connectivity index (χ1) is 9.88. The van der Waals surface area contributed by atoms with Crippen molar-refractivity contribution in [2.24, 2.45) is 0 Å². The van der Waals surface area contributed by atoms with Crippen LogP contribution in [-0.4, -0.2) is 12.4 Å². The SMILES string of the molecule is O=C(COc1ccccc1)c1ccc(C(F)(F)F)c(F)c1. The van der Waals surface area contributed by atoms with Gasteiger partial charge >= 0.3 is 6.18 Å². The van der Waals surface area contributed by atoms with Gasteiger partial charge in [-0.3, -0.25) is 4.79 Å². The molecule has 0 heterocycles. The first kappa shape index (κ1) is 15.0. The molecule has 2 aromatic rings. The molecular weight excluding hydrogens is 288 g/mol. The van der Waals surface area contributed by atoms with Crippen LogP contribution in [0, 0.1) is 5.82 Å². The summed E-state index contributed by atoms with van der Waals surface area (Å²) < 4.78 is 55.7. The summed E-state index contributed by atoms with van der Waals surface area (Å²) in [6.45, 7) is -0.380. The lowest BCUT2D eigenvalue weighted by Crippen LogP contribution is -2.14. The molecule has 0 aliphatic rings. The van der Waals surface area contributed by atoms with Gasteiger partial charge in [-0.05, 0) is 24.3 Å². The monoisotopic (exact) mass is 298 g/mol. The number of halogens is 4. The fourth-order valence-electron chi connectivity index (χ4n) is 1.67. The molecule has 0 aliphatic carbocycles. The van der Waals surface area contributed by atoms with Gasteiger partial charge < -0.3 is 4.74 Å². The van der Waals surface area contributed by atoms with Crippen LogP contribution in [0.5, 0.6) is 5.75 Å². The highest BCUT2D eigenvalue weighted by molar-refractivity contribution is 5.97. The number of Topliss-reactive ketones (excluding diaryl/α,β-unsaturated/α-hetero) is 1. The normalized spacial score (nSPS) is 11.2. The average Bonchev–Trinajstić information content (AvgIpc) is 2.44. The summed E-state index contributed by atoms with van der Waals surface area (Å²) in [5, 5.41) is 0. The van der Waals surface area contributed by atoms with Crippen LogP contribution in [0.3, 0.4) is 0 Å². The number of alkyl halides is 3. The lowest BCUT2D eigenvalue weighted by atomic mass is 10.1. The van der Waals surface area contributed by atoms with Crippen molar-refractivity contribution in [3.05, 3.63) is 65.5 Å². The van der Waals surface area contributed by atoms with Crippen LogP contribution in [-0.2, 0) is 6.18 Å². The predicted molar refractivity (Wildman–Crippen MR) is 67.7 cm³/mol. The minimum absolute atomic E-state index is 0.170. The van der Waals surface area contributed by atoms with E-state index in [4.69, 9.17) is 4.74 Å². The zero-order valence-corrected chi connectivity index (χ0v) is 10.7. The Morgan fingerprint density at radius 2 is 1.71 bits per heavy atom. The third-order valence-corrected chi connectivity index (χ3v) is 2.71. The van der Waals surface area contributed by atoms with E-state index in [1.54, 1.807) is 30.3 Å². The molecule has 0 N–H and O–H groups in total. The molecule has 0 fully saturated rings. The molecule has 0 spiro atoms. The van der Waals surface area contributed by atoms with E-state index in [1.165, 1.54) is 0 Å².